The molecule has 10 nitrogen and oxygen atoms in total. The Balaban J connectivity index is 1.24. The van der Waals surface area contributed by atoms with Crippen LogP contribution in [0, 0.1) is 10.1 Å². The Labute approximate surface area is 177 Å². The molecule has 2 aromatic carbocycles. The van der Waals surface area contributed by atoms with Gasteiger partial charge in [0.05, 0.1) is 27.9 Å². The van der Waals surface area contributed by atoms with Crippen LogP contribution in [-0.2, 0) is 6.54 Å². The highest BCUT2D eigenvalue weighted by atomic mass is 16.6. The smallest absolute Gasteiger partial charge is 0.269 e. The van der Waals surface area contributed by atoms with E-state index in [0.29, 0.717) is 6.54 Å². The minimum absolute atomic E-state index is 0.0538. The SMILES string of the molecule is O=[N+]([O-])c1ccc(-n2cc(CN3CCCN(c4noc5ccccc45)CC3)nn2)cc1. The van der Waals surface area contributed by atoms with Gasteiger partial charge in [-0.1, -0.05) is 22.5 Å². The maximum atomic E-state index is 10.8. The van der Waals surface area contributed by atoms with E-state index in [4.69, 9.17) is 4.52 Å². The van der Waals surface area contributed by atoms with Gasteiger partial charge in [0.2, 0.25) is 0 Å². The number of nitro groups is 1. The van der Waals surface area contributed by atoms with Gasteiger partial charge in [0, 0.05) is 44.9 Å². The first-order valence-corrected chi connectivity index (χ1v) is 10.2. The summed E-state index contributed by atoms with van der Waals surface area (Å²) in [5.74, 6) is 0.904. The Hall–Kier alpha value is -3.79. The van der Waals surface area contributed by atoms with Crippen LogP contribution in [0.25, 0.3) is 16.7 Å². The molecule has 0 aliphatic carbocycles. The van der Waals surface area contributed by atoms with Gasteiger partial charge in [0.15, 0.2) is 11.4 Å². The molecule has 0 saturated carbocycles. The second-order valence-electron chi connectivity index (χ2n) is 7.55. The number of anilines is 1. The normalized spacial score (nSPS) is 15.3. The highest BCUT2D eigenvalue weighted by molar-refractivity contribution is 5.88. The van der Waals surface area contributed by atoms with Gasteiger partial charge in [-0.3, -0.25) is 15.0 Å². The van der Waals surface area contributed by atoms with Crippen LogP contribution in [0.4, 0.5) is 11.5 Å². The van der Waals surface area contributed by atoms with Crippen LogP contribution < -0.4 is 4.90 Å². The van der Waals surface area contributed by atoms with E-state index in [1.54, 1.807) is 16.8 Å². The molecule has 1 fully saturated rings. The van der Waals surface area contributed by atoms with E-state index >= 15 is 0 Å². The molecule has 0 atom stereocenters. The fraction of sp³-hybridized carbons (Fsp3) is 0.286. The third kappa shape index (κ3) is 3.97. The first-order valence-electron chi connectivity index (χ1n) is 10.2. The van der Waals surface area contributed by atoms with Crippen molar-refractivity contribution in [3.63, 3.8) is 0 Å². The summed E-state index contributed by atoms with van der Waals surface area (Å²) >= 11 is 0. The Morgan fingerprint density at radius 3 is 2.71 bits per heavy atom. The standard InChI is InChI=1S/C21H21N7O3/c29-28(30)18-8-6-17(7-9-18)27-15-16(22-24-27)14-25-10-3-11-26(13-12-25)21-19-4-1-2-5-20(19)31-23-21/h1-2,4-9,15H,3,10-14H2. The van der Waals surface area contributed by atoms with E-state index in [-0.39, 0.29) is 5.69 Å². The van der Waals surface area contributed by atoms with Crippen LogP contribution in [0.2, 0.25) is 0 Å². The van der Waals surface area contributed by atoms with E-state index in [1.807, 2.05) is 30.5 Å². The highest BCUT2D eigenvalue weighted by Gasteiger charge is 2.20. The van der Waals surface area contributed by atoms with Crippen molar-refractivity contribution < 1.29 is 9.45 Å². The first kappa shape index (κ1) is 19.2. The summed E-state index contributed by atoms with van der Waals surface area (Å²) in [5.41, 5.74) is 2.46. The predicted molar refractivity (Wildman–Crippen MR) is 114 cm³/mol. The Bertz CT molecular complexity index is 1200. The molecule has 0 bridgehead atoms. The van der Waals surface area contributed by atoms with E-state index in [2.05, 4.69) is 25.3 Å². The van der Waals surface area contributed by atoms with Crippen molar-refractivity contribution in [2.24, 2.45) is 0 Å². The van der Waals surface area contributed by atoms with Crippen molar-refractivity contribution in [1.29, 1.82) is 0 Å². The number of rotatable bonds is 5. The number of nitro benzene ring substituents is 1. The quantitative estimate of drug-likeness (QED) is 0.359. The number of aromatic nitrogens is 4. The fourth-order valence-electron chi connectivity index (χ4n) is 3.89. The van der Waals surface area contributed by atoms with Gasteiger partial charge in [0.1, 0.15) is 0 Å². The van der Waals surface area contributed by atoms with Crippen LogP contribution in [0.3, 0.4) is 0 Å². The molecule has 31 heavy (non-hydrogen) atoms. The van der Waals surface area contributed by atoms with E-state index in [9.17, 15) is 10.1 Å². The number of benzene rings is 2. The number of nitrogens with zero attached hydrogens (tertiary/aromatic N) is 7. The molecule has 1 aliphatic rings. The molecule has 10 heteroatoms. The zero-order valence-corrected chi connectivity index (χ0v) is 16.8. The predicted octanol–water partition coefficient (Wildman–Crippen LogP) is 3.03. The zero-order chi connectivity index (χ0) is 21.2. The molecule has 0 N–H and O–H groups in total. The van der Waals surface area contributed by atoms with Crippen molar-refractivity contribution in [2.45, 2.75) is 13.0 Å². The number of non-ortho nitro benzene ring substituents is 1. The summed E-state index contributed by atoms with van der Waals surface area (Å²) in [7, 11) is 0. The van der Waals surface area contributed by atoms with E-state index < -0.39 is 4.92 Å². The van der Waals surface area contributed by atoms with Crippen LogP contribution in [0.5, 0.6) is 0 Å². The summed E-state index contributed by atoms with van der Waals surface area (Å²) in [6.45, 7) is 4.30. The highest BCUT2D eigenvalue weighted by Crippen LogP contribution is 2.26. The van der Waals surface area contributed by atoms with Crippen molar-refractivity contribution in [2.75, 3.05) is 31.1 Å². The molecular weight excluding hydrogens is 398 g/mol. The molecule has 0 unspecified atom stereocenters. The lowest BCUT2D eigenvalue weighted by atomic mass is 10.2. The summed E-state index contributed by atoms with van der Waals surface area (Å²) in [6.07, 6.45) is 2.88. The molecule has 5 rings (SSSR count). The monoisotopic (exact) mass is 419 g/mol. The van der Waals surface area contributed by atoms with Crippen molar-refractivity contribution in [3.8, 4) is 5.69 Å². The molecule has 1 aliphatic heterocycles. The van der Waals surface area contributed by atoms with Gasteiger partial charge in [0.25, 0.3) is 5.69 Å². The summed E-state index contributed by atoms with van der Waals surface area (Å²) < 4.78 is 7.11. The van der Waals surface area contributed by atoms with E-state index in [1.165, 1.54) is 12.1 Å². The third-order valence-corrected chi connectivity index (χ3v) is 5.50. The molecule has 4 aromatic rings. The maximum Gasteiger partial charge on any atom is 0.269 e. The maximum absolute atomic E-state index is 10.8. The molecule has 2 aromatic heterocycles. The molecule has 0 amide bonds. The molecular formula is C21H21N7O3. The number of hydrogen-bond acceptors (Lipinski definition) is 8. The molecule has 0 radical (unpaired) electrons. The Kier molecular flexibility index (Phi) is 5.04. The van der Waals surface area contributed by atoms with Gasteiger partial charge < -0.3 is 9.42 Å². The first-order chi connectivity index (χ1) is 15.2. The van der Waals surface area contributed by atoms with Gasteiger partial charge in [-0.2, -0.15) is 0 Å². The lowest BCUT2D eigenvalue weighted by molar-refractivity contribution is -0.384. The number of fused-ring (bicyclic) bond motifs is 1. The summed E-state index contributed by atoms with van der Waals surface area (Å²) in [4.78, 5) is 15.0. The second-order valence-corrected chi connectivity index (χ2v) is 7.55. The van der Waals surface area contributed by atoms with Gasteiger partial charge in [-0.15, -0.1) is 5.10 Å². The summed E-state index contributed by atoms with van der Waals surface area (Å²) in [6, 6.07) is 14.2. The van der Waals surface area contributed by atoms with Crippen molar-refractivity contribution >= 4 is 22.5 Å². The number of hydrogen-bond donors (Lipinski definition) is 0. The second kappa shape index (κ2) is 8.15. The molecule has 3 heterocycles. The van der Waals surface area contributed by atoms with Gasteiger partial charge >= 0.3 is 0 Å². The average Bonchev–Trinajstić information content (AvgIpc) is 3.37. The van der Waals surface area contributed by atoms with E-state index in [0.717, 1.165) is 60.8 Å². The minimum Gasteiger partial charge on any atom is -0.354 e. The third-order valence-electron chi connectivity index (χ3n) is 5.50. The Morgan fingerprint density at radius 1 is 1.03 bits per heavy atom. The van der Waals surface area contributed by atoms with Crippen molar-refractivity contribution in [3.05, 3.63) is 70.5 Å². The molecule has 1 saturated heterocycles. The number of para-hydroxylation sites is 1. The van der Waals surface area contributed by atoms with Crippen LogP contribution in [-0.4, -0.2) is 56.2 Å². The molecule has 158 valence electrons. The van der Waals surface area contributed by atoms with Crippen LogP contribution in [0.15, 0.2) is 59.3 Å². The zero-order valence-electron chi connectivity index (χ0n) is 16.8. The minimum atomic E-state index is -0.416. The average molecular weight is 419 g/mol. The fourth-order valence-corrected chi connectivity index (χ4v) is 3.89. The lowest BCUT2D eigenvalue weighted by Crippen LogP contribution is -2.30. The van der Waals surface area contributed by atoms with Crippen LogP contribution in [0.1, 0.15) is 12.1 Å². The van der Waals surface area contributed by atoms with Gasteiger partial charge in [-0.25, -0.2) is 4.68 Å². The van der Waals surface area contributed by atoms with Crippen molar-refractivity contribution in [1.82, 2.24) is 25.1 Å². The Morgan fingerprint density at radius 2 is 1.87 bits per heavy atom. The topological polar surface area (TPSA) is 106 Å². The van der Waals surface area contributed by atoms with Gasteiger partial charge in [-0.05, 0) is 30.7 Å². The lowest BCUT2D eigenvalue weighted by Gasteiger charge is -2.20. The molecule has 0 spiro atoms. The largest absolute Gasteiger partial charge is 0.354 e. The summed E-state index contributed by atoms with van der Waals surface area (Å²) in [5, 5.41) is 24.6. The van der Waals surface area contributed by atoms with Crippen LogP contribution >= 0.6 is 0 Å².